The Morgan fingerprint density at radius 3 is 2.56 bits per heavy atom. The van der Waals surface area contributed by atoms with Crippen LogP contribution >= 0.6 is 0 Å². The minimum absolute atomic E-state index is 0.139. The minimum atomic E-state index is -0.715. The van der Waals surface area contributed by atoms with Crippen LogP contribution in [0.4, 0.5) is 33.6 Å². The van der Waals surface area contributed by atoms with Crippen molar-refractivity contribution < 1.29 is 14.5 Å². The molecule has 0 spiro atoms. The van der Waals surface area contributed by atoms with Gasteiger partial charge in [0, 0.05) is 53.4 Å². The normalized spacial score (nSPS) is 12.7. The maximum absolute atomic E-state index is 13.5. The van der Waals surface area contributed by atoms with Crippen LogP contribution in [0.15, 0.2) is 60.9 Å². The number of primary amides is 1. The van der Waals surface area contributed by atoms with Crippen LogP contribution in [0.1, 0.15) is 27.2 Å². The highest BCUT2D eigenvalue weighted by molar-refractivity contribution is 6.06. The molecule has 0 aliphatic carbocycles. The number of nitrogens with one attached hydrogen (secondary N) is 1. The lowest BCUT2D eigenvalue weighted by Crippen LogP contribution is -2.46. The van der Waals surface area contributed by atoms with E-state index in [0.29, 0.717) is 28.6 Å². The predicted molar refractivity (Wildman–Crippen MR) is 146 cm³/mol. The third-order valence-corrected chi connectivity index (χ3v) is 6.46. The number of nitrogens with two attached hydrogens (primary N) is 1. The van der Waals surface area contributed by atoms with Crippen molar-refractivity contribution in [2.75, 3.05) is 22.2 Å². The number of anilines is 4. The summed E-state index contributed by atoms with van der Waals surface area (Å²) in [6.07, 6.45) is 3.34. The molecule has 0 saturated heterocycles. The largest absolute Gasteiger partial charge is 0.366 e. The van der Waals surface area contributed by atoms with Gasteiger partial charge in [0.25, 0.3) is 5.69 Å². The third-order valence-electron chi connectivity index (χ3n) is 6.46. The van der Waals surface area contributed by atoms with Crippen LogP contribution in [-0.2, 0) is 6.54 Å². The van der Waals surface area contributed by atoms with Crippen LogP contribution < -0.4 is 20.9 Å². The zero-order valence-corrected chi connectivity index (χ0v) is 21.4. The number of hydrogen-bond acceptors (Lipinski definition) is 8. The minimum Gasteiger partial charge on any atom is -0.366 e. The van der Waals surface area contributed by atoms with Gasteiger partial charge in [-0.1, -0.05) is 12.1 Å². The fraction of sp³-hybridized carbons (Fsp3) is 0.148. The van der Waals surface area contributed by atoms with Crippen LogP contribution in [0.5, 0.6) is 0 Å². The number of aryl methyl sites for hydroxylation is 2. The molecule has 3 amide bonds. The number of urea groups is 1. The smallest absolute Gasteiger partial charge is 0.330 e. The molecule has 0 atom stereocenters. The number of nitrogens with zero attached hydrogens (tertiary/aromatic N) is 6. The van der Waals surface area contributed by atoms with Crippen molar-refractivity contribution in [2.24, 2.45) is 5.73 Å². The summed E-state index contributed by atoms with van der Waals surface area (Å²) in [7, 11) is 1.63. The molecule has 1 aliphatic heterocycles. The van der Waals surface area contributed by atoms with E-state index in [1.807, 2.05) is 26.0 Å². The Hall–Kier alpha value is -5.39. The van der Waals surface area contributed by atoms with E-state index in [1.54, 1.807) is 42.5 Å². The van der Waals surface area contributed by atoms with Crippen LogP contribution in [-0.4, -0.2) is 38.9 Å². The van der Waals surface area contributed by atoms with Crippen molar-refractivity contribution in [3.63, 3.8) is 0 Å². The summed E-state index contributed by atoms with van der Waals surface area (Å²) in [6, 6.07) is 12.5. The summed E-state index contributed by atoms with van der Waals surface area (Å²) in [5.74, 6) is 0.0837. The highest BCUT2D eigenvalue weighted by atomic mass is 16.6. The first-order valence-electron chi connectivity index (χ1n) is 11.9. The van der Waals surface area contributed by atoms with E-state index in [4.69, 9.17) is 5.73 Å². The van der Waals surface area contributed by atoms with E-state index in [2.05, 4.69) is 20.3 Å². The number of aromatic nitrogens is 3. The Bertz CT molecular complexity index is 1640. The first-order valence-corrected chi connectivity index (χ1v) is 11.9. The van der Waals surface area contributed by atoms with Crippen LogP contribution in [0.2, 0.25) is 0 Å². The van der Waals surface area contributed by atoms with Crippen molar-refractivity contribution >= 4 is 40.8 Å². The van der Waals surface area contributed by atoms with E-state index >= 15 is 0 Å². The van der Waals surface area contributed by atoms with Gasteiger partial charge in [-0.15, -0.1) is 0 Å². The number of amides is 3. The van der Waals surface area contributed by atoms with Gasteiger partial charge in [0.2, 0.25) is 11.9 Å². The molecule has 196 valence electrons. The van der Waals surface area contributed by atoms with Crippen molar-refractivity contribution in [3.8, 4) is 11.1 Å². The Balaban J connectivity index is 1.50. The summed E-state index contributed by atoms with van der Waals surface area (Å²) in [4.78, 5) is 52.7. The number of fused-ring (bicyclic) bond motifs is 1. The Morgan fingerprint density at radius 2 is 1.87 bits per heavy atom. The lowest BCUT2D eigenvalue weighted by atomic mass is 9.96. The second-order valence-electron chi connectivity index (χ2n) is 9.14. The molecular weight excluding hydrogens is 500 g/mol. The van der Waals surface area contributed by atoms with Gasteiger partial charge >= 0.3 is 6.03 Å². The zero-order chi connectivity index (χ0) is 27.8. The highest BCUT2D eigenvalue weighted by Crippen LogP contribution is 2.36. The summed E-state index contributed by atoms with van der Waals surface area (Å²) in [5.41, 5.74) is 10.0. The SMILES string of the molecule is Cc1ccc(Nc2ncc3c(n2)N(C)C(=O)N(c2cc(-c4cc([N+](=O)[O-])ccc4C(N)=O)ccc2C)C3)cn1. The van der Waals surface area contributed by atoms with E-state index in [1.165, 1.54) is 23.1 Å². The summed E-state index contributed by atoms with van der Waals surface area (Å²) < 4.78 is 0. The molecule has 2 aromatic heterocycles. The molecule has 3 N–H and O–H groups in total. The first-order chi connectivity index (χ1) is 18.6. The number of nitro groups is 1. The molecule has 12 nitrogen and oxygen atoms in total. The molecule has 1 aliphatic rings. The fourth-order valence-electron chi connectivity index (χ4n) is 4.40. The van der Waals surface area contributed by atoms with E-state index < -0.39 is 10.8 Å². The number of benzene rings is 2. The monoisotopic (exact) mass is 524 g/mol. The van der Waals surface area contributed by atoms with Gasteiger partial charge < -0.3 is 11.1 Å². The summed E-state index contributed by atoms with van der Waals surface area (Å²) in [5, 5.41) is 14.5. The number of rotatable bonds is 6. The zero-order valence-electron chi connectivity index (χ0n) is 21.4. The Morgan fingerprint density at radius 1 is 1.08 bits per heavy atom. The lowest BCUT2D eigenvalue weighted by molar-refractivity contribution is -0.384. The molecule has 4 aromatic rings. The fourth-order valence-corrected chi connectivity index (χ4v) is 4.40. The number of carbonyl (C=O) groups excluding carboxylic acids is 2. The second-order valence-corrected chi connectivity index (χ2v) is 9.14. The summed E-state index contributed by atoms with van der Waals surface area (Å²) >= 11 is 0. The van der Waals surface area contributed by atoms with Gasteiger partial charge in [-0.25, -0.2) is 9.78 Å². The van der Waals surface area contributed by atoms with Gasteiger partial charge in [0.05, 0.1) is 23.4 Å². The summed E-state index contributed by atoms with van der Waals surface area (Å²) in [6.45, 7) is 3.94. The van der Waals surface area contributed by atoms with E-state index in [0.717, 1.165) is 22.5 Å². The Labute approximate surface area is 223 Å². The van der Waals surface area contributed by atoms with Gasteiger partial charge in [-0.05, 0) is 49.2 Å². The van der Waals surface area contributed by atoms with Gasteiger partial charge in [0.15, 0.2) is 0 Å². The molecule has 0 radical (unpaired) electrons. The quantitative estimate of drug-likeness (QED) is 0.276. The number of hydrogen-bond donors (Lipinski definition) is 2. The molecule has 0 fully saturated rings. The average molecular weight is 525 g/mol. The van der Waals surface area contributed by atoms with Gasteiger partial charge in [-0.2, -0.15) is 4.98 Å². The van der Waals surface area contributed by atoms with Crippen molar-refractivity contribution in [2.45, 2.75) is 20.4 Å². The maximum Gasteiger partial charge on any atom is 0.330 e. The molecule has 0 saturated carbocycles. The van der Waals surface area contributed by atoms with E-state index in [-0.39, 0.29) is 23.8 Å². The lowest BCUT2D eigenvalue weighted by Gasteiger charge is -2.35. The predicted octanol–water partition coefficient (Wildman–Crippen LogP) is 4.48. The number of pyridine rings is 1. The van der Waals surface area contributed by atoms with Crippen molar-refractivity contribution in [1.82, 2.24) is 15.0 Å². The third kappa shape index (κ3) is 4.82. The first kappa shape index (κ1) is 25.3. The van der Waals surface area contributed by atoms with Crippen LogP contribution in [0.25, 0.3) is 11.1 Å². The molecular formula is C27H24N8O4. The van der Waals surface area contributed by atoms with E-state index in [9.17, 15) is 19.7 Å². The van der Waals surface area contributed by atoms with Crippen LogP contribution in [0, 0.1) is 24.0 Å². The molecule has 2 aromatic carbocycles. The van der Waals surface area contributed by atoms with Crippen LogP contribution in [0.3, 0.4) is 0 Å². The highest BCUT2D eigenvalue weighted by Gasteiger charge is 2.32. The Kier molecular flexibility index (Phi) is 6.36. The van der Waals surface area contributed by atoms with Gasteiger partial charge in [-0.3, -0.25) is 29.7 Å². The molecule has 12 heteroatoms. The number of non-ortho nitro benzene ring substituents is 1. The second kappa shape index (κ2) is 9.82. The molecule has 39 heavy (non-hydrogen) atoms. The molecule has 0 unspecified atom stereocenters. The molecule has 5 rings (SSSR count). The number of carbonyl (C=O) groups is 2. The van der Waals surface area contributed by atoms with Gasteiger partial charge in [0.1, 0.15) is 5.82 Å². The number of nitro benzene ring substituents is 1. The molecule has 3 heterocycles. The maximum atomic E-state index is 13.5. The van der Waals surface area contributed by atoms with Crippen molar-refractivity contribution in [3.05, 3.63) is 93.4 Å². The van der Waals surface area contributed by atoms with Crippen molar-refractivity contribution in [1.29, 1.82) is 0 Å². The standard InChI is InChI=1S/C27H24N8O4/c1-15-4-6-17(22-11-20(35(38)39)8-9-21(22)24(28)36)10-23(15)34-14-18-12-30-26(32-25(18)33(3)27(34)37)31-19-7-5-16(2)29-13-19/h4-13H,14H2,1-3H3,(H2,28,36)(H,30,31,32). The topological polar surface area (TPSA) is 160 Å². The molecule has 0 bridgehead atoms. The average Bonchev–Trinajstić information content (AvgIpc) is 2.92.